The molecule has 1 aromatic heterocycles. The van der Waals surface area contributed by atoms with Gasteiger partial charge in [-0.05, 0) is 30.7 Å². The van der Waals surface area contributed by atoms with E-state index in [2.05, 4.69) is 10.3 Å². The first-order valence-corrected chi connectivity index (χ1v) is 9.76. The second-order valence-electron chi connectivity index (χ2n) is 6.41. The molecule has 1 heterocycles. The summed E-state index contributed by atoms with van der Waals surface area (Å²) in [5.74, 6) is -1.45. The van der Waals surface area contributed by atoms with Crippen LogP contribution in [-0.4, -0.2) is 27.4 Å². The van der Waals surface area contributed by atoms with Gasteiger partial charge in [-0.15, -0.1) is 11.8 Å². The fourth-order valence-corrected chi connectivity index (χ4v) is 3.56. The number of hydrogen-bond acceptors (Lipinski definition) is 4. The summed E-state index contributed by atoms with van der Waals surface area (Å²) in [5.41, 5.74) is 1.57. The van der Waals surface area contributed by atoms with E-state index in [1.807, 2.05) is 13.0 Å². The van der Waals surface area contributed by atoms with Crippen molar-refractivity contribution in [3.63, 3.8) is 0 Å². The minimum Gasteiger partial charge on any atom is -0.325 e. The summed E-state index contributed by atoms with van der Waals surface area (Å²) in [6.45, 7) is 1.97. The number of nitrogens with one attached hydrogen (secondary N) is 1. The number of carbonyl (C=O) groups excluding carboxylic acids is 1. The molecule has 0 radical (unpaired) electrons. The lowest BCUT2D eigenvalue weighted by Gasteiger charge is -2.12. The van der Waals surface area contributed by atoms with Crippen molar-refractivity contribution in [2.24, 2.45) is 0 Å². The van der Waals surface area contributed by atoms with Gasteiger partial charge >= 0.3 is 6.18 Å². The third-order valence-corrected chi connectivity index (χ3v) is 5.33. The molecule has 152 valence electrons. The molecule has 0 bridgehead atoms. The molecule has 1 N–H and O–H groups in total. The summed E-state index contributed by atoms with van der Waals surface area (Å²) in [6.07, 6.45) is -2.92. The molecular formula is C20H18F3N3O2S. The van der Waals surface area contributed by atoms with Gasteiger partial charge in [0.05, 0.1) is 28.7 Å². The molecule has 0 aliphatic rings. The molecule has 1 amide bonds. The van der Waals surface area contributed by atoms with Crippen LogP contribution in [0.15, 0.2) is 58.5 Å². The molecule has 0 spiro atoms. The van der Waals surface area contributed by atoms with Crippen LogP contribution in [0.4, 0.5) is 18.9 Å². The highest BCUT2D eigenvalue weighted by molar-refractivity contribution is 7.99. The first kappa shape index (κ1) is 20.9. The highest BCUT2D eigenvalue weighted by Crippen LogP contribution is 2.32. The summed E-state index contributed by atoms with van der Waals surface area (Å²) >= 11 is 0.611. The van der Waals surface area contributed by atoms with Gasteiger partial charge in [0.25, 0.3) is 5.56 Å². The van der Waals surface area contributed by atoms with Crippen molar-refractivity contribution < 1.29 is 18.0 Å². The van der Waals surface area contributed by atoms with Crippen molar-refractivity contribution >= 4 is 34.3 Å². The zero-order chi connectivity index (χ0) is 21.0. The smallest absolute Gasteiger partial charge is 0.325 e. The molecule has 2 aromatic carbocycles. The summed E-state index contributed by atoms with van der Waals surface area (Å²) in [7, 11) is 0. The number of benzene rings is 2. The van der Waals surface area contributed by atoms with Crippen LogP contribution in [0.25, 0.3) is 10.9 Å². The number of thioether (sulfide) groups is 1. The number of para-hydroxylation sites is 2. The Balaban J connectivity index is 1.68. The predicted octanol–water partition coefficient (Wildman–Crippen LogP) is 4.39. The third kappa shape index (κ3) is 5.38. The van der Waals surface area contributed by atoms with E-state index in [1.165, 1.54) is 17.0 Å². The van der Waals surface area contributed by atoms with Crippen LogP contribution < -0.4 is 10.9 Å². The van der Waals surface area contributed by atoms with E-state index in [1.54, 1.807) is 30.3 Å². The summed E-state index contributed by atoms with van der Waals surface area (Å²) in [5, 5.41) is 3.09. The Bertz CT molecular complexity index is 1100. The van der Waals surface area contributed by atoms with Gasteiger partial charge in [0, 0.05) is 17.9 Å². The largest absolute Gasteiger partial charge is 0.398 e. The average Bonchev–Trinajstić information content (AvgIpc) is 2.67. The highest BCUT2D eigenvalue weighted by Gasteiger charge is 2.27. The van der Waals surface area contributed by atoms with Crippen LogP contribution in [0.1, 0.15) is 12.0 Å². The van der Waals surface area contributed by atoms with Crippen molar-refractivity contribution in [2.75, 3.05) is 11.1 Å². The Morgan fingerprint density at radius 3 is 2.69 bits per heavy atom. The first-order valence-electron chi connectivity index (χ1n) is 8.78. The average molecular weight is 421 g/mol. The normalized spacial score (nSPS) is 11.6. The van der Waals surface area contributed by atoms with Crippen molar-refractivity contribution in [3.8, 4) is 0 Å². The SMILES string of the molecule is Cc1cccc2c(=O)n(CCC(=O)Nc3ccccc3SCC(F)(F)F)cnc12. The second-order valence-corrected chi connectivity index (χ2v) is 7.43. The maximum atomic E-state index is 12.6. The minimum atomic E-state index is -4.30. The fourth-order valence-electron chi connectivity index (χ4n) is 2.79. The molecule has 5 nitrogen and oxygen atoms in total. The van der Waals surface area contributed by atoms with E-state index in [0.29, 0.717) is 33.2 Å². The van der Waals surface area contributed by atoms with Crippen molar-refractivity contribution in [2.45, 2.75) is 31.0 Å². The molecule has 0 aliphatic heterocycles. The van der Waals surface area contributed by atoms with Crippen LogP contribution in [0.3, 0.4) is 0 Å². The predicted molar refractivity (Wildman–Crippen MR) is 107 cm³/mol. The number of hydrogen-bond donors (Lipinski definition) is 1. The van der Waals surface area contributed by atoms with E-state index in [-0.39, 0.29) is 18.5 Å². The lowest BCUT2D eigenvalue weighted by molar-refractivity contribution is -0.116. The minimum absolute atomic E-state index is 0.0167. The molecule has 3 rings (SSSR count). The summed E-state index contributed by atoms with van der Waals surface area (Å²) in [6, 6.07) is 11.6. The fraction of sp³-hybridized carbons (Fsp3) is 0.250. The Kier molecular flexibility index (Phi) is 6.26. The van der Waals surface area contributed by atoms with Gasteiger partial charge in [0.2, 0.25) is 5.91 Å². The zero-order valence-electron chi connectivity index (χ0n) is 15.5. The number of nitrogens with zero attached hydrogens (tertiary/aromatic N) is 2. The molecular weight excluding hydrogens is 403 g/mol. The van der Waals surface area contributed by atoms with Crippen molar-refractivity contribution in [1.29, 1.82) is 0 Å². The molecule has 0 aliphatic carbocycles. The molecule has 0 saturated heterocycles. The molecule has 0 saturated carbocycles. The maximum absolute atomic E-state index is 12.6. The zero-order valence-corrected chi connectivity index (χ0v) is 16.3. The lowest BCUT2D eigenvalue weighted by atomic mass is 10.1. The molecule has 0 fully saturated rings. The maximum Gasteiger partial charge on any atom is 0.398 e. The number of rotatable bonds is 6. The second kappa shape index (κ2) is 8.69. The van der Waals surface area contributed by atoms with Crippen LogP contribution in [0.2, 0.25) is 0 Å². The number of amides is 1. The van der Waals surface area contributed by atoms with Crippen molar-refractivity contribution in [1.82, 2.24) is 9.55 Å². The Labute approximate surface area is 169 Å². The van der Waals surface area contributed by atoms with Crippen molar-refractivity contribution in [3.05, 3.63) is 64.7 Å². The van der Waals surface area contributed by atoms with Gasteiger partial charge < -0.3 is 5.32 Å². The van der Waals surface area contributed by atoms with Crippen LogP contribution in [0, 0.1) is 6.92 Å². The summed E-state index contributed by atoms with van der Waals surface area (Å²) < 4.78 is 38.8. The Hall–Kier alpha value is -2.81. The monoisotopic (exact) mass is 421 g/mol. The van der Waals surface area contributed by atoms with Gasteiger partial charge in [-0.1, -0.05) is 24.3 Å². The number of anilines is 1. The Morgan fingerprint density at radius 2 is 1.93 bits per heavy atom. The van der Waals surface area contributed by atoms with E-state index in [9.17, 15) is 22.8 Å². The van der Waals surface area contributed by atoms with Crippen LogP contribution >= 0.6 is 11.8 Å². The van der Waals surface area contributed by atoms with E-state index in [0.717, 1.165) is 5.56 Å². The number of alkyl halides is 3. The number of fused-ring (bicyclic) bond motifs is 1. The van der Waals surface area contributed by atoms with Gasteiger partial charge in [0.15, 0.2) is 0 Å². The molecule has 0 atom stereocenters. The van der Waals surface area contributed by atoms with Gasteiger partial charge in [0.1, 0.15) is 0 Å². The van der Waals surface area contributed by atoms with E-state index in [4.69, 9.17) is 0 Å². The third-order valence-electron chi connectivity index (χ3n) is 4.19. The number of halogens is 3. The molecule has 9 heteroatoms. The van der Waals surface area contributed by atoms with Gasteiger partial charge in [-0.2, -0.15) is 13.2 Å². The van der Waals surface area contributed by atoms with Gasteiger partial charge in [-0.3, -0.25) is 14.2 Å². The quantitative estimate of drug-likeness (QED) is 0.600. The van der Waals surface area contributed by atoms with Crippen LogP contribution in [0.5, 0.6) is 0 Å². The Morgan fingerprint density at radius 1 is 1.17 bits per heavy atom. The number of aromatic nitrogens is 2. The van der Waals surface area contributed by atoms with Gasteiger partial charge in [-0.25, -0.2) is 4.98 Å². The molecule has 0 unspecified atom stereocenters. The highest BCUT2D eigenvalue weighted by atomic mass is 32.2. The number of carbonyl (C=O) groups is 1. The topological polar surface area (TPSA) is 64.0 Å². The molecule has 3 aromatic rings. The van der Waals surface area contributed by atoms with Crippen LogP contribution in [-0.2, 0) is 11.3 Å². The van der Waals surface area contributed by atoms with E-state index < -0.39 is 17.8 Å². The first-order chi connectivity index (χ1) is 13.7. The lowest BCUT2D eigenvalue weighted by Crippen LogP contribution is -2.24. The van der Waals surface area contributed by atoms with E-state index >= 15 is 0 Å². The number of aryl methyl sites for hydroxylation is 2. The standard InChI is InChI=1S/C20H18F3N3O2S/c1-13-5-4-6-14-18(13)24-12-26(19(14)28)10-9-17(27)25-15-7-2-3-8-16(15)29-11-20(21,22)23/h2-8,12H,9-11H2,1H3,(H,25,27). The summed E-state index contributed by atoms with van der Waals surface area (Å²) in [4.78, 5) is 29.5. The molecule has 29 heavy (non-hydrogen) atoms.